The number of hydrogen-bond donors (Lipinski definition) is 0. The van der Waals surface area contributed by atoms with Crippen LogP contribution in [0.5, 0.6) is 0 Å². The topological polar surface area (TPSA) is 25.8 Å². The average molecular weight is 677 g/mol. The van der Waals surface area contributed by atoms with E-state index in [9.17, 15) is 0 Å². The second kappa shape index (κ2) is 12.3. The number of fused-ring (bicyclic) bond motifs is 5. The normalized spacial score (nSPS) is 12.9. The van der Waals surface area contributed by atoms with E-state index in [0.29, 0.717) is 5.82 Å². The highest BCUT2D eigenvalue weighted by atomic mass is 14.9. The van der Waals surface area contributed by atoms with Crippen molar-refractivity contribution in [2.24, 2.45) is 0 Å². The first kappa shape index (κ1) is 31.1. The minimum Gasteiger partial charge on any atom is -0.228 e. The summed E-state index contributed by atoms with van der Waals surface area (Å²) in [4.78, 5) is 10.6. The van der Waals surface area contributed by atoms with Crippen LogP contribution in [-0.4, -0.2) is 9.97 Å². The zero-order valence-electron chi connectivity index (χ0n) is 29.7. The van der Waals surface area contributed by atoms with E-state index in [0.717, 1.165) is 44.6 Å². The fourth-order valence-corrected chi connectivity index (χ4v) is 8.48. The minimum atomic E-state index is -0.0664. The highest BCUT2D eigenvalue weighted by molar-refractivity contribution is 6.07. The van der Waals surface area contributed by atoms with Crippen LogP contribution in [0.15, 0.2) is 182 Å². The highest BCUT2D eigenvalue weighted by Gasteiger charge is 2.35. The van der Waals surface area contributed by atoms with Gasteiger partial charge >= 0.3 is 0 Å². The lowest BCUT2D eigenvalue weighted by atomic mass is 9.81. The molecule has 1 aliphatic carbocycles. The molecule has 0 N–H and O–H groups in total. The summed E-state index contributed by atoms with van der Waals surface area (Å²) >= 11 is 0. The number of aromatic nitrogens is 2. The van der Waals surface area contributed by atoms with Crippen LogP contribution >= 0.6 is 0 Å². The van der Waals surface area contributed by atoms with Crippen molar-refractivity contribution in [2.45, 2.75) is 19.3 Å². The van der Waals surface area contributed by atoms with Crippen LogP contribution in [0.3, 0.4) is 0 Å². The summed E-state index contributed by atoms with van der Waals surface area (Å²) in [5.41, 5.74) is 15.1. The van der Waals surface area contributed by atoms with E-state index in [1.54, 1.807) is 0 Å². The van der Waals surface area contributed by atoms with E-state index in [2.05, 4.69) is 190 Å². The van der Waals surface area contributed by atoms with Gasteiger partial charge in [-0.15, -0.1) is 0 Å². The number of hydrogen-bond acceptors (Lipinski definition) is 2. The summed E-state index contributed by atoms with van der Waals surface area (Å²) in [6.07, 6.45) is 0. The van der Waals surface area contributed by atoms with Gasteiger partial charge in [0.05, 0.1) is 11.4 Å². The van der Waals surface area contributed by atoms with Gasteiger partial charge in [0.2, 0.25) is 0 Å². The fraction of sp³-hybridized carbons (Fsp3) is 0.0588. The maximum Gasteiger partial charge on any atom is 0.160 e. The molecule has 0 bridgehead atoms. The number of benzene rings is 8. The van der Waals surface area contributed by atoms with Gasteiger partial charge in [-0.1, -0.05) is 184 Å². The van der Waals surface area contributed by atoms with Crippen molar-refractivity contribution in [3.05, 3.63) is 193 Å². The van der Waals surface area contributed by atoms with E-state index in [1.807, 2.05) is 6.07 Å². The molecule has 0 radical (unpaired) electrons. The Hall–Kier alpha value is -6.64. The van der Waals surface area contributed by atoms with Crippen molar-refractivity contribution in [1.29, 1.82) is 0 Å². The molecule has 10 rings (SSSR count). The maximum atomic E-state index is 5.33. The minimum absolute atomic E-state index is 0.0664. The van der Waals surface area contributed by atoms with Crippen molar-refractivity contribution in [2.75, 3.05) is 0 Å². The Bertz CT molecular complexity index is 2850. The lowest BCUT2D eigenvalue weighted by Crippen LogP contribution is -2.14. The molecule has 2 nitrogen and oxygen atoms in total. The first-order valence-corrected chi connectivity index (χ1v) is 18.3. The standard InChI is InChI=1S/C51H36N2/c1-51(2)45-24-14-13-23-42(45)43-28-26-36(31-46(43)51)37-29-30-44(41-22-12-11-21-40(37)41)47-32-48(53-50(52-47)35-18-7-4-8-19-35)49-38-20-10-9-17-34(38)25-27-39(49)33-15-5-3-6-16-33/h3-32H,1-2H3. The first-order valence-electron chi connectivity index (χ1n) is 18.3. The van der Waals surface area contributed by atoms with E-state index < -0.39 is 0 Å². The molecule has 0 spiro atoms. The third kappa shape index (κ3) is 5.10. The molecule has 0 amide bonds. The first-order chi connectivity index (χ1) is 26.0. The molecule has 0 saturated heterocycles. The van der Waals surface area contributed by atoms with Crippen LogP contribution in [0.2, 0.25) is 0 Å². The summed E-state index contributed by atoms with van der Waals surface area (Å²) in [6.45, 7) is 4.69. The molecule has 0 saturated carbocycles. The molecule has 0 unspecified atom stereocenters. The maximum absolute atomic E-state index is 5.33. The van der Waals surface area contributed by atoms with Crippen molar-refractivity contribution in [1.82, 2.24) is 9.97 Å². The largest absolute Gasteiger partial charge is 0.228 e. The van der Waals surface area contributed by atoms with Gasteiger partial charge in [-0.05, 0) is 78.2 Å². The Balaban J connectivity index is 1.19. The molecule has 250 valence electrons. The smallest absolute Gasteiger partial charge is 0.160 e. The molecule has 1 aromatic heterocycles. The molecule has 9 aromatic rings. The van der Waals surface area contributed by atoms with E-state index in [1.165, 1.54) is 49.5 Å². The number of rotatable bonds is 5. The van der Waals surface area contributed by atoms with Crippen LogP contribution in [-0.2, 0) is 5.41 Å². The van der Waals surface area contributed by atoms with Gasteiger partial charge in [0.25, 0.3) is 0 Å². The van der Waals surface area contributed by atoms with Gasteiger partial charge in [-0.3, -0.25) is 0 Å². The second-order valence-electron chi connectivity index (χ2n) is 14.5. The van der Waals surface area contributed by atoms with Gasteiger partial charge in [0, 0.05) is 22.1 Å². The predicted octanol–water partition coefficient (Wildman–Crippen LogP) is 13.4. The third-order valence-electron chi connectivity index (χ3n) is 11.1. The molecular formula is C51H36N2. The summed E-state index contributed by atoms with van der Waals surface area (Å²) in [5, 5.41) is 4.71. The quantitative estimate of drug-likeness (QED) is 0.181. The third-order valence-corrected chi connectivity index (χ3v) is 11.1. The Kier molecular flexibility index (Phi) is 7.19. The highest BCUT2D eigenvalue weighted by Crippen LogP contribution is 2.50. The fourth-order valence-electron chi connectivity index (χ4n) is 8.48. The monoisotopic (exact) mass is 676 g/mol. The summed E-state index contributed by atoms with van der Waals surface area (Å²) < 4.78 is 0. The number of nitrogens with zero attached hydrogens (tertiary/aromatic N) is 2. The van der Waals surface area contributed by atoms with Crippen LogP contribution < -0.4 is 0 Å². The zero-order valence-corrected chi connectivity index (χ0v) is 29.7. The lowest BCUT2D eigenvalue weighted by molar-refractivity contribution is 0.660. The van der Waals surface area contributed by atoms with Crippen LogP contribution in [0, 0.1) is 0 Å². The zero-order chi connectivity index (χ0) is 35.5. The summed E-state index contributed by atoms with van der Waals surface area (Å²) in [5.74, 6) is 0.707. The van der Waals surface area contributed by atoms with Gasteiger partial charge in [0.1, 0.15) is 0 Å². The second-order valence-corrected chi connectivity index (χ2v) is 14.5. The van der Waals surface area contributed by atoms with Crippen molar-refractivity contribution in [3.8, 4) is 67.3 Å². The SMILES string of the molecule is CC1(C)c2ccccc2-c2ccc(-c3ccc(-c4cc(-c5c(-c6ccccc6)ccc6ccccc56)nc(-c5ccccc5)n4)c4ccccc34)cc21. The Labute approximate surface area is 310 Å². The van der Waals surface area contributed by atoms with Gasteiger partial charge in [-0.25, -0.2) is 9.97 Å². The van der Waals surface area contributed by atoms with Crippen LogP contribution in [0.4, 0.5) is 0 Å². The van der Waals surface area contributed by atoms with Crippen molar-refractivity contribution >= 4 is 21.5 Å². The Morgan fingerprint density at radius 1 is 0.358 bits per heavy atom. The van der Waals surface area contributed by atoms with Gasteiger partial charge in [-0.2, -0.15) is 0 Å². The summed E-state index contributed by atoms with van der Waals surface area (Å²) in [6, 6.07) is 65.4. The molecule has 0 aliphatic heterocycles. The molecule has 1 aliphatic rings. The van der Waals surface area contributed by atoms with Crippen LogP contribution in [0.1, 0.15) is 25.0 Å². The molecule has 0 fully saturated rings. The van der Waals surface area contributed by atoms with Gasteiger partial charge < -0.3 is 0 Å². The van der Waals surface area contributed by atoms with E-state index >= 15 is 0 Å². The Morgan fingerprint density at radius 3 is 1.72 bits per heavy atom. The summed E-state index contributed by atoms with van der Waals surface area (Å²) in [7, 11) is 0. The van der Waals surface area contributed by atoms with Crippen LogP contribution in [0.25, 0.3) is 88.8 Å². The molecule has 1 heterocycles. The molecule has 2 heteroatoms. The van der Waals surface area contributed by atoms with Crippen molar-refractivity contribution < 1.29 is 0 Å². The predicted molar refractivity (Wildman–Crippen MR) is 222 cm³/mol. The molecule has 8 aromatic carbocycles. The Morgan fingerprint density at radius 2 is 0.925 bits per heavy atom. The van der Waals surface area contributed by atoms with Gasteiger partial charge in [0.15, 0.2) is 5.82 Å². The van der Waals surface area contributed by atoms with E-state index in [4.69, 9.17) is 9.97 Å². The lowest BCUT2D eigenvalue weighted by Gasteiger charge is -2.22. The van der Waals surface area contributed by atoms with Crippen molar-refractivity contribution in [3.63, 3.8) is 0 Å². The molecule has 0 atom stereocenters. The van der Waals surface area contributed by atoms with E-state index in [-0.39, 0.29) is 5.41 Å². The molecular weight excluding hydrogens is 641 g/mol. The molecule has 53 heavy (non-hydrogen) atoms. The average Bonchev–Trinajstić information content (AvgIpc) is 3.45.